The Kier molecular flexibility index (Phi) is 4.53. The Bertz CT molecular complexity index is 844. The van der Waals surface area contributed by atoms with E-state index in [4.69, 9.17) is 9.47 Å². The first kappa shape index (κ1) is 17.4. The zero-order chi connectivity index (χ0) is 18.2. The van der Waals surface area contributed by atoms with Crippen LogP contribution in [0.4, 0.5) is 5.69 Å². The van der Waals surface area contributed by atoms with Crippen LogP contribution in [0.2, 0.25) is 0 Å². The van der Waals surface area contributed by atoms with E-state index in [-0.39, 0.29) is 0 Å². The molecule has 1 atom stereocenters. The Labute approximate surface area is 152 Å². The summed E-state index contributed by atoms with van der Waals surface area (Å²) in [4.78, 5) is 25.0. The Balaban J connectivity index is 1.96. The van der Waals surface area contributed by atoms with E-state index in [1.807, 2.05) is 0 Å². The number of rotatable bonds is 5. The van der Waals surface area contributed by atoms with Gasteiger partial charge in [-0.1, -0.05) is 15.9 Å². The van der Waals surface area contributed by atoms with Crippen LogP contribution in [-0.4, -0.2) is 31.0 Å². The lowest BCUT2D eigenvalue weighted by Crippen LogP contribution is -2.36. The molecule has 0 radical (unpaired) electrons. The normalized spacial score (nSPS) is 18.5. The highest BCUT2D eigenvalue weighted by Gasteiger charge is 2.47. The van der Waals surface area contributed by atoms with E-state index >= 15 is 0 Å². The molecule has 2 N–H and O–H groups in total. The summed E-state index contributed by atoms with van der Waals surface area (Å²) in [6.45, 7) is 0. The van der Waals surface area contributed by atoms with Crippen molar-refractivity contribution >= 4 is 33.3 Å². The van der Waals surface area contributed by atoms with Crippen LogP contribution in [0.5, 0.6) is 11.5 Å². The third-order valence-corrected chi connectivity index (χ3v) is 4.63. The summed E-state index contributed by atoms with van der Waals surface area (Å²) in [5.41, 5.74) is -0.769. The lowest BCUT2D eigenvalue weighted by atomic mass is 9.88. The average Bonchev–Trinajstić information content (AvgIpc) is 2.85. The fourth-order valence-corrected chi connectivity index (χ4v) is 3.16. The predicted molar refractivity (Wildman–Crippen MR) is 95.2 cm³/mol. The first-order valence-corrected chi connectivity index (χ1v) is 8.27. The molecule has 0 aliphatic carbocycles. The van der Waals surface area contributed by atoms with Crippen molar-refractivity contribution in [3.63, 3.8) is 0 Å². The molecule has 0 aromatic heterocycles. The Morgan fingerprint density at radius 3 is 2.40 bits per heavy atom. The molecule has 3 rings (SSSR count). The first-order chi connectivity index (χ1) is 11.9. The number of halogens is 1. The van der Waals surface area contributed by atoms with Gasteiger partial charge in [0.25, 0.3) is 5.91 Å². The maximum absolute atomic E-state index is 12.7. The number of ether oxygens (including phenoxy) is 2. The van der Waals surface area contributed by atoms with E-state index < -0.39 is 23.7 Å². The van der Waals surface area contributed by atoms with Crippen LogP contribution in [0.1, 0.15) is 22.3 Å². The van der Waals surface area contributed by atoms with Gasteiger partial charge in [0.05, 0.1) is 20.6 Å². The molecular weight excluding hydrogens is 390 g/mol. The highest BCUT2D eigenvalue weighted by Crippen LogP contribution is 2.40. The Morgan fingerprint density at radius 2 is 1.80 bits per heavy atom. The summed E-state index contributed by atoms with van der Waals surface area (Å²) >= 11 is 3.32. The van der Waals surface area contributed by atoms with Gasteiger partial charge >= 0.3 is 0 Å². The zero-order valence-corrected chi connectivity index (χ0v) is 15.2. The number of hydrogen-bond acceptors (Lipinski definition) is 5. The smallest absolute Gasteiger partial charge is 0.261 e. The molecule has 25 heavy (non-hydrogen) atoms. The fourth-order valence-electron chi connectivity index (χ4n) is 2.79. The predicted octanol–water partition coefficient (Wildman–Crippen LogP) is 2.88. The second-order valence-electron chi connectivity index (χ2n) is 5.71. The Hall–Kier alpha value is -2.38. The van der Waals surface area contributed by atoms with Crippen LogP contribution in [0, 0.1) is 0 Å². The number of Topliss-reactive ketones (excluding diaryl/α,β-unsaturated/α-hetero) is 1. The van der Waals surface area contributed by atoms with E-state index in [2.05, 4.69) is 21.2 Å². The highest BCUT2D eigenvalue weighted by molar-refractivity contribution is 9.10. The van der Waals surface area contributed by atoms with Gasteiger partial charge in [0, 0.05) is 27.4 Å². The van der Waals surface area contributed by atoms with Crippen molar-refractivity contribution in [3.8, 4) is 11.5 Å². The van der Waals surface area contributed by atoms with Gasteiger partial charge in [-0.3, -0.25) is 9.59 Å². The number of carbonyl (C=O) groups excluding carboxylic acids is 2. The summed E-state index contributed by atoms with van der Waals surface area (Å²) < 4.78 is 11.0. The number of methoxy groups -OCH3 is 2. The minimum Gasteiger partial charge on any atom is -0.497 e. The second kappa shape index (κ2) is 6.50. The number of aliphatic hydroxyl groups is 1. The van der Waals surface area contributed by atoms with Gasteiger partial charge in [-0.15, -0.1) is 0 Å². The van der Waals surface area contributed by atoms with Gasteiger partial charge in [0.2, 0.25) is 0 Å². The van der Waals surface area contributed by atoms with Crippen LogP contribution in [0.25, 0.3) is 0 Å². The quantitative estimate of drug-likeness (QED) is 0.747. The van der Waals surface area contributed by atoms with Crippen molar-refractivity contribution in [2.75, 3.05) is 19.5 Å². The van der Waals surface area contributed by atoms with Gasteiger partial charge < -0.3 is 19.9 Å². The van der Waals surface area contributed by atoms with Gasteiger partial charge in [-0.05, 0) is 30.3 Å². The SMILES string of the molecule is COc1cc(OC)cc(C(=O)C[C@@]2(O)C(=O)Nc3ccc(Br)cc32)c1. The van der Waals surface area contributed by atoms with Crippen molar-refractivity contribution in [2.45, 2.75) is 12.0 Å². The second-order valence-corrected chi connectivity index (χ2v) is 6.62. The number of hydrogen-bond donors (Lipinski definition) is 2. The van der Waals surface area contributed by atoms with Crippen LogP contribution >= 0.6 is 15.9 Å². The number of nitrogens with one attached hydrogen (secondary N) is 1. The van der Waals surface area contributed by atoms with E-state index in [0.717, 1.165) is 0 Å². The molecule has 1 aliphatic rings. The van der Waals surface area contributed by atoms with E-state index in [1.54, 1.807) is 36.4 Å². The third kappa shape index (κ3) is 3.12. The molecule has 2 aromatic rings. The van der Waals surface area contributed by atoms with Crippen molar-refractivity contribution in [2.24, 2.45) is 0 Å². The van der Waals surface area contributed by atoms with Crippen molar-refractivity contribution in [1.29, 1.82) is 0 Å². The lowest BCUT2D eigenvalue weighted by molar-refractivity contribution is -0.133. The summed E-state index contributed by atoms with van der Waals surface area (Å²) in [6.07, 6.45) is -0.390. The van der Waals surface area contributed by atoms with Crippen LogP contribution < -0.4 is 14.8 Å². The molecule has 7 heteroatoms. The van der Waals surface area contributed by atoms with E-state index in [9.17, 15) is 14.7 Å². The standard InChI is InChI=1S/C18H16BrNO5/c1-24-12-5-10(6-13(8-12)25-2)16(21)9-18(23)14-7-11(19)3-4-15(14)20-17(18)22/h3-8,23H,9H2,1-2H3,(H,20,22)/t18-/m0/s1. The Morgan fingerprint density at radius 1 is 1.16 bits per heavy atom. The lowest BCUT2D eigenvalue weighted by Gasteiger charge is -2.20. The number of anilines is 1. The molecule has 0 saturated carbocycles. The van der Waals surface area contributed by atoms with Crippen LogP contribution in [-0.2, 0) is 10.4 Å². The summed E-state index contributed by atoms with van der Waals surface area (Å²) in [7, 11) is 2.96. The van der Waals surface area contributed by atoms with E-state index in [0.29, 0.717) is 32.8 Å². The molecule has 0 unspecified atom stereocenters. The van der Waals surface area contributed by atoms with E-state index in [1.165, 1.54) is 14.2 Å². The van der Waals surface area contributed by atoms with Crippen molar-refractivity contribution in [3.05, 3.63) is 52.0 Å². The minimum absolute atomic E-state index is 0.292. The largest absolute Gasteiger partial charge is 0.497 e. The molecule has 0 saturated heterocycles. The summed E-state index contributed by atoms with van der Waals surface area (Å²) in [5, 5.41) is 13.5. The van der Waals surface area contributed by atoms with Crippen LogP contribution in [0.15, 0.2) is 40.9 Å². The van der Waals surface area contributed by atoms with Gasteiger partial charge in [-0.2, -0.15) is 0 Å². The highest BCUT2D eigenvalue weighted by atomic mass is 79.9. The van der Waals surface area contributed by atoms with Gasteiger partial charge in [0.1, 0.15) is 11.5 Å². The van der Waals surface area contributed by atoms with Gasteiger partial charge in [0.15, 0.2) is 11.4 Å². The molecule has 1 heterocycles. The zero-order valence-electron chi connectivity index (χ0n) is 13.6. The maximum Gasteiger partial charge on any atom is 0.261 e. The molecule has 0 fully saturated rings. The summed E-state index contributed by atoms with van der Waals surface area (Å²) in [5.74, 6) is -0.117. The third-order valence-electron chi connectivity index (χ3n) is 4.14. The number of amides is 1. The topological polar surface area (TPSA) is 84.9 Å². The van der Waals surface area contributed by atoms with Crippen molar-refractivity contribution < 1.29 is 24.2 Å². The molecule has 2 aromatic carbocycles. The molecule has 1 amide bonds. The number of carbonyl (C=O) groups is 2. The fraction of sp³-hybridized carbons (Fsp3) is 0.222. The number of benzene rings is 2. The van der Waals surface area contributed by atoms with Crippen molar-refractivity contribution in [1.82, 2.24) is 0 Å². The van der Waals surface area contributed by atoms with Gasteiger partial charge in [-0.25, -0.2) is 0 Å². The molecule has 130 valence electrons. The first-order valence-electron chi connectivity index (χ1n) is 7.47. The van der Waals surface area contributed by atoms with Crippen LogP contribution in [0.3, 0.4) is 0 Å². The molecule has 0 bridgehead atoms. The average molecular weight is 406 g/mol. The molecule has 0 spiro atoms. The summed E-state index contributed by atoms with van der Waals surface area (Å²) in [6, 6.07) is 9.78. The molecular formula is C18H16BrNO5. The maximum atomic E-state index is 12.7. The molecule has 6 nitrogen and oxygen atoms in total. The monoisotopic (exact) mass is 405 g/mol. The molecule has 1 aliphatic heterocycles. The minimum atomic E-state index is -1.92. The number of ketones is 1. The number of fused-ring (bicyclic) bond motifs is 1.